The molecule has 0 bridgehead atoms. The fourth-order valence-corrected chi connectivity index (χ4v) is 2.74. The number of aliphatic hydroxyl groups is 1. The van der Waals surface area contributed by atoms with Crippen LogP contribution >= 0.6 is 34.8 Å². The van der Waals surface area contributed by atoms with E-state index in [1.165, 1.54) is 12.3 Å². The van der Waals surface area contributed by atoms with Crippen LogP contribution in [0.2, 0.25) is 0 Å². The van der Waals surface area contributed by atoms with Crippen LogP contribution in [0.15, 0.2) is 22.8 Å². The number of alkyl halides is 3. The summed E-state index contributed by atoms with van der Waals surface area (Å²) in [4.78, 5) is 24.1. The lowest BCUT2D eigenvalue weighted by molar-refractivity contribution is -0.165. The van der Waals surface area contributed by atoms with Gasteiger partial charge in [0.2, 0.25) is 9.52 Å². The summed E-state index contributed by atoms with van der Waals surface area (Å²) in [6, 6.07) is 1.18. The van der Waals surface area contributed by atoms with Crippen LogP contribution in [0.25, 0.3) is 0 Å². The van der Waals surface area contributed by atoms with E-state index in [0.717, 1.165) is 0 Å². The molecule has 1 fully saturated rings. The molecule has 0 radical (unpaired) electrons. The van der Waals surface area contributed by atoms with Crippen molar-refractivity contribution in [2.24, 2.45) is 5.92 Å². The van der Waals surface area contributed by atoms with Crippen LogP contribution in [0.4, 0.5) is 4.79 Å². The van der Waals surface area contributed by atoms with Crippen molar-refractivity contribution in [3.8, 4) is 0 Å². The fourth-order valence-electron chi connectivity index (χ4n) is 2.24. The van der Waals surface area contributed by atoms with E-state index >= 15 is 0 Å². The third-order valence-corrected chi connectivity index (χ3v) is 4.06. The van der Waals surface area contributed by atoms with Crippen molar-refractivity contribution in [2.45, 2.75) is 22.5 Å². The molecule has 0 saturated carbocycles. The molecule has 1 aliphatic heterocycles. The minimum atomic E-state index is -2.48. The number of carbonyl (C=O) groups excluding carboxylic acids is 2. The van der Waals surface area contributed by atoms with Crippen molar-refractivity contribution in [3.05, 3.63) is 24.2 Å². The highest BCUT2D eigenvalue weighted by atomic mass is 35.6. The Morgan fingerprint density at radius 2 is 2.23 bits per heavy atom. The van der Waals surface area contributed by atoms with Gasteiger partial charge in [0.15, 0.2) is 0 Å². The van der Waals surface area contributed by atoms with Crippen molar-refractivity contribution >= 4 is 46.8 Å². The molecular formula is C12H13Cl3N2O5. The Balaban J connectivity index is 2.51. The highest BCUT2D eigenvalue weighted by Gasteiger charge is 2.63. The second kappa shape index (κ2) is 6.16. The minimum Gasteiger partial charge on any atom is -0.467 e. The van der Waals surface area contributed by atoms with Gasteiger partial charge in [-0.3, -0.25) is 4.79 Å². The van der Waals surface area contributed by atoms with E-state index in [2.05, 4.69) is 10.6 Å². The molecule has 0 aromatic carbocycles. The number of carbonyl (C=O) groups is 2. The first kappa shape index (κ1) is 17.2. The van der Waals surface area contributed by atoms with Crippen molar-refractivity contribution in [1.82, 2.24) is 10.6 Å². The first-order valence-electron chi connectivity index (χ1n) is 6.28. The average Bonchev–Trinajstić information content (AvgIpc) is 2.90. The van der Waals surface area contributed by atoms with Gasteiger partial charge < -0.3 is 24.9 Å². The molecule has 1 saturated heterocycles. The monoisotopic (exact) mass is 370 g/mol. The molecule has 1 aliphatic rings. The summed E-state index contributed by atoms with van der Waals surface area (Å²) in [5.41, 5.74) is -2.48. The number of amides is 2. The van der Waals surface area contributed by atoms with Crippen LogP contribution in [0.5, 0.6) is 0 Å². The molecule has 1 aromatic heterocycles. The minimum absolute atomic E-state index is 0.0457. The Labute approximate surface area is 140 Å². The molecular weight excluding hydrogens is 358 g/mol. The zero-order valence-corrected chi connectivity index (χ0v) is 13.6. The van der Waals surface area contributed by atoms with Gasteiger partial charge in [-0.25, -0.2) is 4.79 Å². The molecule has 1 aromatic rings. The smallest absolute Gasteiger partial charge is 0.317 e. The summed E-state index contributed by atoms with van der Waals surface area (Å²) in [6.07, 6.45) is 1.35. The van der Waals surface area contributed by atoms with Crippen LogP contribution in [0, 0.1) is 5.92 Å². The van der Waals surface area contributed by atoms with E-state index in [4.69, 9.17) is 44.0 Å². The molecule has 3 N–H and O–H groups in total. The lowest BCUT2D eigenvalue weighted by Gasteiger charge is -2.46. The van der Waals surface area contributed by atoms with Gasteiger partial charge in [0.25, 0.3) is 0 Å². The van der Waals surface area contributed by atoms with Gasteiger partial charge in [-0.2, -0.15) is 0 Å². The summed E-state index contributed by atoms with van der Waals surface area (Å²) < 4.78 is 7.74. The van der Waals surface area contributed by atoms with Crippen molar-refractivity contribution in [2.75, 3.05) is 6.61 Å². The van der Waals surface area contributed by atoms with Gasteiger partial charge in [-0.05, 0) is 19.1 Å². The lowest BCUT2D eigenvalue weighted by atomic mass is 9.85. The number of urea groups is 1. The van der Waals surface area contributed by atoms with Gasteiger partial charge in [-0.15, -0.1) is 0 Å². The third kappa shape index (κ3) is 2.99. The predicted octanol–water partition coefficient (Wildman–Crippen LogP) is 1.87. The summed E-state index contributed by atoms with van der Waals surface area (Å²) >= 11 is 17.4. The average molecular weight is 372 g/mol. The second-order valence-corrected chi connectivity index (χ2v) is 6.87. The number of esters is 1. The van der Waals surface area contributed by atoms with E-state index in [-0.39, 0.29) is 12.4 Å². The SMILES string of the molecule is CCOC(=O)[C@@H]1[C@@H](c2ccco2)NC(=O)N[C@@]1(O)C(Cl)(Cl)Cl. The summed E-state index contributed by atoms with van der Waals surface area (Å²) in [6.45, 7) is 1.63. The summed E-state index contributed by atoms with van der Waals surface area (Å²) in [7, 11) is 0. The van der Waals surface area contributed by atoms with Gasteiger partial charge in [0.05, 0.1) is 12.9 Å². The molecule has 2 heterocycles. The predicted molar refractivity (Wildman–Crippen MR) is 78.5 cm³/mol. The maximum Gasteiger partial charge on any atom is 0.317 e. The first-order chi connectivity index (χ1) is 10.2. The van der Waals surface area contributed by atoms with Crippen molar-refractivity contribution in [1.29, 1.82) is 0 Å². The van der Waals surface area contributed by atoms with Crippen LogP contribution < -0.4 is 10.6 Å². The van der Waals surface area contributed by atoms with E-state index in [0.29, 0.717) is 0 Å². The highest BCUT2D eigenvalue weighted by Crippen LogP contribution is 2.47. The van der Waals surface area contributed by atoms with Gasteiger partial charge in [0, 0.05) is 0 Å². The largest absolute Gasteiger partial charge is 0.467 e. The van der Waals surface area contributed by atoms with E-state index in [1.54, 1.807) is 13.0 Å². The quantitative estimate of drug-likeness (QED) is 0.556. The number of hydrogen-bond acceptors (Lipinski definition) is 5. The number of halogens is 3. The van der Waals surface area contributed by atoms with E-state index in [9.17, 15) is 14.7 Å². The molecule has 122 valence electrons. The van der Waals surface area contributed by atoms with Gasteiger partial charge in [0.1, 0.15) is 17.7 Å². The molecule has 7 nitrogen and oxygen atoms in total. The highest BCUT2D eigenvalue weighted by molar-refractivity contribution is 6.68. The zero-order valence-electron chi connectivity index (χ0n) is 11.3. The Kier molecular flexibility index (Phi) is 4.81. The maximum absolute atomic E-state index is 12.3. The number of ether oxygens (including phenoxy) is 1. The van der Waals surface area contributed by atoms with Gasteiger partial charge in [-0.1, -0.05) is 34.8 Å². The number of nitrogens with one attached hydrogen (secondary N) is 2. The lowest BCUT2D eigenvalue weighted by Crippen LogP contribution is -2.72. The Hall–Kier alpha value is -1.15. The van der Waals surface area contributed by atoms with Crippen molar-refractivity contribution in [3.63, 3.8) is 0 Å². The van der Waals surface area contributed by atoms with Crippen LogP contribution in [-0.2, 0) is 9.53 Å². The molecule has 0 unspecified atom stereocenters. The maximum atomic E-state index is 12.3. The third-order valence-electron chi connectivity index (χ3n) is 3.20. The van der Waals surface area contributed by atoms with Crippen LogP contribution in [-0.4, -0.2) is 33.2 Å². The number of furan rings is 1. The molecule has 10 heteroatoms. The molecule has 22 heavy (non-hydrogen) atoms. The van der Waals surface area contributed by atoms with E-state index in [1.807, 2.05) is 0 Å². The number of rotatable bonds is 3. The normalized spacial score (nSPS) is 28.7. The molecule has 2 rings (SSSR count). The van der Waals surface area contributed by atoms with E-state index < -0.39 is 33.5 Å². The molecule has 2 amide bonds. The molecule has 0 spiro atoms. The zero-order chi connectivity index (χ0) is 16.5. The Morgan fingerprint density at radius 1 is 1.55 bits per heavy atom. The Bertz CT molecular complexity index is 560. The molecule has 0 aliphatic carbocycles. The van der Waals surface area contributed by atoms with Crippen molar-refractivity contribution < 1.29 is 23.8 Å². The topological polar surface area (TPSA) is 101 Å². The standard InChI is InChI=1S/C12H13Cl3N2O5/c1-2-21-9(18)7-8(6-4-3-5-22-6)16-10(19)17-11(7,20)12(13,14)15/h3-5,7-8,20H,2H2,1H3,(H2,16,17,19)/t7-,8+,11-/m0/s1. The van der Waals surface area contributed by atoms with Crippen LogP contribution in [0.3, 0.4) is 0 Å². The second-order valence-electron chi connectivity index (χ2n) is 4.59. The van der Waals surface area contributed by atoms with Crippen LogP contribution in [0.1, 0.15) is 18.7 Å². The first-order valence-corrected chi connectivity index (χ1v) is 7.42. The summed E-state index contributed by atoms with van der Waals surface area (Å²) in [5, 5.41) is 15.2. The molecule has 3 atom stereocenters. The number of hydrogen-bond donors (Lipinski definition) is 3. The van der Waals surface area contributed by atoms with Gasteiger partial charge >= 0.3 is 12.0 Å². The Morgan fingerprint density at radius 3 is 2.73 bits per heavy atom. The summed E-state index contributed by atoms with van der Waals surface area (Å²) in [5.74, 6) is -2.09. The fraction of sp³-hybridized carbons (Fsp3) is 0.500.